The van der Waals surface area contributed by atoms with Crippen LogP contribution >= 0.6 is 0 Å². The molecule has 1 heterocycles. The molecule has 0 aliphatic heterocycles. The summed E-state index contributed by atoms with van der Waals surface area (Å²) in [4.78, 5) is 0. The standard InChI is InChI=1S/C8H13F2N3/c1-6(2)11-3-7-4-12-13(5-7)8(9)10/h4-6,8,11H,3H2,1-2H3. The fourth-order valence-electron chi connectivity index (χ4n) is 0.897. The smallest absolute Gasteiger partial charge is 0.310 e. The van der Waals surface area contributed by atoms with Crippen molar-refractivity contribution in [2.45, 2.75) is 33.0 Å². The van der Waals surface area contributed by atoms with Gasteiger partial charge in [-0.15, -0.1) is 0 Å². The Hall–Kier alpha value is -0.970. The van der Waals surface area contributed by atoms with Crippen molar-refractivity contribution in [3.05, 3.63) is 18.0 Å². The zero-order valence-corrected chi connectivity index (χ0v) is 7.67. The van der Waals surface area contributed by atoms with Gasteiger partial charge in [0.15, 0.2) is 0 Å². The summed E-state index contributed by atoms with van der Waals surface area (Å²) < 4.78 is 24.8. The van der Waals surface area contributed by atoms with Crippen LogP contribution in [0.15, 0.2) is 12.4 Å². The van der Waals surface area contributed by atoms with Crippen LogP contribution in [0, 0.1) is 0 Å². The second-order valence-electron chi connectivity index (χ2n) is 3.14. The molecule has 5 heteroatoms. The van der Waals surface area contributed by atoms with Gasteiger partial charge in [-0.2, -0.15) is 13.9 Å². The van der Waals surface area contributed by atoms with E-state index in [4.69, 9.17) is 0 Å². The van der Waals surface area contributed by atoms with E-state index in [9.17, 15) is 8.78 Å². The summed E-state index contributed by atoms with van der Waals surface area (Å²) in [6.07, 6.45) is 2.79. The first-order chi connectivity index (χ1) is 6.09. The van der Waals surface area contributed by atoms with Crippen molar-refractivity contribution in [3.8, 4) is 0 Å². The van der Waals surface area contributed by atoms with Crippen LogP contribution in [0.1, 0.15) is 26.0 Å². The molecule has 0 fully saturated rings. The molecule has 0 bridgehead atoms. The van der Waals surface area contributed by atoms with Crippen LogP contribution in [-0.4, -0.2) is 15.8 Å². The summed E-state index contributed by atoms with van der Waals surface area (Å²) in [5, 5.41) is 6.64. The highest BCUT2D eigenvalue weighted by atomic mass is 19.3. The van der Waals surface area contributed by atoms with Gasteiger partial charge < -0.3 is 5.32 Å². The molecule has 0 unspecified atom stereocenters. The van der Waals surface area contributed by atoms with Gasteiger partial charge in [-0.25, -0.2) is 4.68 Å². The molecule has 13 heavy (non-hydrogen) atoms. The van der Waals surface area contributed by atoms with Gasteiger partial charge in [-0.3, -0.25) is 0 Å². The molecule has 0 amide bonds. The van der Waals surface area contributed by atoms with Crippen LogP contribution in [0.3, 0.4) is 0 Å². The summed E-state index contributed by atoms with van der Waals surface area (Å²) in [5.74, 6) is 0. The van der Waals surface area contributed by atoms with E-state index in [0.717, 1.165) is 5.56 Å². The third-order valence-corrected chi connectivity index (χ3v) is 1.57. The molecule has 0 aliphatic rings. The maximum Gasteiger partial charge on any atom is 0.333 e. The van der Waals surface area contributed by atoms with Crippen molar-refractivity contribution in [2.75, 3.05) is 0 Å². The van der Waals surface area contributed by atoms with E-state index in [1.54, 1.807) is 0 Å². The van der Waals surface area contributed by atoms with Crippen molar-refractivity contribution in [1.82, 2.24) is 15.1 Å². The maximum atomic E-state index is 12.1. The topological polar surface area (TPSA) is 29.9 Å². The molecule has 1 aromatic heterocycles. The van der Waals surface area contributed by atoms with Gasteiger partial charge in [-0.05, 0) is 0 Å². The van der Waals surface area contributed by atoms with Crippen molar-refractivity contribution in [1.29, 1.82) is 0 Å². The molecular formula is C8H13F2N3. The van der Waals surface area contributed by atoms with Gasteiger partial charge in [0.25, 0.3) is 0 Å². The van der Waals surface area contributed by atoms with Gasteiger partial charge >= 0.3 is 6.55 Å². The Bertz CT molecular complexity index is 258. The normalized spacial score (nSPS) is 11.5. The second-order valence-corrected chi connectivity index (χ2v) is 3.14. The molecule has 3 nitrogen and oxygen atoms in total. The van der Waals surface area contributed by atoms with Crippen LogP contribution in [0.5, 0.6) is 0 Å². The van der Waals surface area contributed by atoms with Gasteiger partial charge in [0.05, 0.1) is 6.20 Å². The number of aromatic nitrogens is 2. The predicted octanol–water partition coefficient (Wildman–Crippen LogP) is 1.78. The average Bonchev–Trinajstić information content (AvgIpc) is 2.48. The van der Waals surface area contributed by atoms with E-state index < -0.39 is 6.55 Å². The highest BCUT2D eigenvalue weighted by molar-refractivity contribution is 5.03. The molecule has 0 saturated heterocycles. The molecule has 1 aromatic rings. The number of alkyl halides is 2. The van der Waals surface area contributed by atoms with Gasteiger partial charge in [0.1, 0.15) is 0 Å². The van der Waals surface area contributed by atoms with E-state index in [2.05, 4.69) is 10.4 Å². The van der Waals surface area contributed by atoms with Crippen molar-refractivity contribution in [3.63, 3.8) is 0 Å². The Morgan fingerprint density at radius 1 is 1.54 bits per heavy atom. The zero-order valence-electron chi connectivity index (χ0n) is 7.67. The Kier molecular flexibility index (Phi) is 3.36. The van der Waals surface area contributed by atoms with E-state index in [0.29, 0.717) is 17.3 Å². The Morgan fingerprint density at radius 2 is 2.23 bits per heavy atom. The third-order valence-electron chi connectivity index (χ3n) is 1.57. The fourth-order valence-corrected chi connectivity index (χ4v) is 0.897. The minimum Gasteiger partial charge on any atom is -0.310 e. The highest BCUT2D eigenvalue weighted by Gasteiger charge is 2.06. The van der Waals surface area contributed by atoms with Gasteiger partial charge in [0.2, 0.25) is 0 Å². The van der Waals surface area contributed by atoms with E-state index in [1.807, 2.05) is 13.8 Å². The Morgan fingerprint density at radius 3 is 2.69 bits per heavy atom. The van der Waals surface area contributed by atoms with Crippen LogP contribution in [-0.2, 0) is 6.54 Å². The Labute approximate surface area is 75.7 Å². The zero-order chi connectivity index (χ0) is 9.84. The minimum absolute atomic E-state index is 0.343. The van der Waals surface area contributed by atoms with E-state index in [1.165, 1.54) is 12.4 Å². The van der Waals surface area contributed by atoms with Crippen LogP contribution in [0.2, 0.25) is 0 Å². The van der Waals surface area contributed by atoms with Crippen LogP contribution in [0.25, 0.3) is 0 Å². The first-order valence-corrected chi connectivity index (χ1v) is 4.14. The largest absolute Gasteiger partial charge is 0.333 e. The number of rotatable bonds is 4. The Balaban J connectivity index is 2.49. The average molecular weight is 189 g/mol. The lowest BCUT2D eigenvalue weighted by Gasteiger charge is -2.04. The monoisotopic (exact) mass is 189 g/mol. The summed E-state index contributed by atoms with van der Waals surface area (Å²) in [6, 6.07) is 0.343. The highest BCUT2D eigenvalue weighted by Crippen LogP contribution is 2.09. The lowest BCUT2D eigenvalue weighted by molar-refractivity contribution is 0.0565. The molecule has 0 aliphatic carbocycles. The maximum absolute atomic E-state index is 12.1. The number of nitrogens with one attached hydrogen (secondary N) is 1. The first-order valence-electron chi connectivity index (χ1n) is 4.14. The molecule has 74 valence electrons. The van der Waals surface area contributed by atoms with E-state index in [-0.39, 0.29) is 0 Å². The molecule has 0 spiro atoms. The molecule has 0 aromatic carbocycles. The summed E-state index contributed by atoms with van der Waals surface area (Å²) in [6.45, 7) is 2.02. The van der Waals surface area contributed by atoms with Crippen LogP contribution in [0.4, 0.5) is 8.78 Å². The lowest BCUT2D eigenvalue weighted by Crippen LogP contribution is -2.21. The molecule has 0 saturated carbocycles. The summed E-state index contributed by atoms with van der Waals surface area (Å²) in [7, 11) is 0. The molecule has 1 N–H and O–H groups in total. The van der Waals surface area contributed by atoms with Crippen LogP contribution < -0.4 is 5.32 Å². The molecule has 1 rings (SSSR count). The van der Waals surface area contributed by atoms with Gasteiger partial charge in [-0.1, -0.05) is 13.8 Å². The quantitative estimate of drug-likeness (QED) is 0.782. The number of hydrogen-bond acceptors (Lipinski definition) is 2. The second kappa shape index (κ2) is 4.32. The predicted molar refractivity (Wildman–Crippen MR) is 45.5 cm³/mol. The summed E-state index contributed by atoms with van der Waals surface area (Å²) >= 11 is 0. The SMILES string of the molecule is CC(C)NCc1cnn(C(F)F)c1. The molecular weight excluding hydrogens is 176 g/mol. The number of halogens is 2. The molecule has 0 atom stereocenters. The third kappa shape index (κ3) is 3.10. The van der Waals surface area contributed by atoms with Crippen molar-refractivity contribution in [2.24, 2.45) is 0 Å². The number of hydrogen-bond donors (Lipinski definition) is 1. The first kappa shape index (κ1) is 10.1. The molecule has 0 radical (unpaired) electrons. The summed E-state index contributed by atoms with van der Waals surface area (Å²) in [5.41, 5.74) is 0.772. The van der Waals surface area contributed by atoms with Crippen molar-refractivity contribution >= 4 is 0 Å². The lowest BCUT2D eigenvalue weighted by atomic mass is 10.3. The minimum atomic E-state index is -2.55. The van der Waals surface area contributed by atoms with Gasteiger partial charge in [0, 0.05) is 24.3 Å². The van der Waals surface area contributed by atoms with E-state index >= 15 is 0 Å². The number of nitrogens with zero attached hydrogens (tertiary/aromatic N) is 2. The fraction of sp³-hybridized carbons (Fsp3) is 0.625. The van der Waals surface area contributed by atoms with Crippen molar-refractivity contribution < 1.29 is 8.78 Å².